The molecule has 0 aliphatic carbocycles. The van der Waals surface area contributed by atoms with Crippen LogP contribution in [0.4, 0.5) is 8.78 Å². The minimum absolute atomic E-state index is 0. The fraction of sp³-hybridized carbons (Fsp3) is 0.0769. The monoisotopic (exact) mass is 996 g/mol. The normalized spacial score (nSPS) is 9.87. The second-order valence-corrected chi connectivity index (χ2v) is 14.1. The average Bonchev–Trinajstić information content (AvgIpc) is 3.08. The van der Waals surface area contributed by atoms with Gasteiger partial charge in [-0.3, -0.25) is 0 Å². The van der Waals surface area contributed by atoms with E-state index in [2.05, 4.69) is 133 Å². The van der Waals surface area contributed by atoms with E-state index in [0.29, 0.717) is 0 Å². The van der Waals surface area contributed by atoms with Crippen molar-refractivity contribution in [1.82, 2.24) is 0 Å². The average molecular weight is 997 g/mol. The summed E-state index contributed by atoms with van der Waals surface area (Å²) >= 11 is 0. The molecule has 2 radical (unpaired) electrons. The third-order valence-electron chi connectivity index (χ3n) is 6.39. The molecule has 0 atom stereocenters. The molecule has 0 aliphatic rings. The van der Waals surface area contributed by atoms with Crippen molar-refractivity contribution in [3.8, 4) is 0 Å². The Kier molecular flexibility index (Phi) is 19.7. The van der Waals surface area contributed by atoms with Gasteiger partial charge in [-0.15, -0.1) is 24.3 Å². The minimum Gasteiger partial charge on any atom is -0.236 e. The molecule has 0 N–H and O–H groups in total. The Hall–Kier alpha value is -2.48. The van der Waals surface area contributed by atoms with Gasteiger partial charge in [-0.05, 0) is 55.8 Å². The smallest absolute Gasteiger partial charge is 0.0151 e. The van der Waals surface area contributed by atoms with Gasteiger partial charge >= 0.3 is 0 Å². The Labute approximate surface area is 300 Å². The molecule has 0 bridgehead atoms. The van der Waals surface area contributed by atoms with Crippen LogP contribution in [-0.2, 0) is 44.8 Å². The van der Waals surface area contributed by atoms with E-state index >= 15 is 0 Å². The van der Waals surface area contributed by atoms with E-state index in [1.54, 1.807) is 0 Å². The van der Waals surface area contributed by atoms with E-state index in [1.807, 2.05) is 0 Å². The number of rotatable bonds is 8. The predicted molar refractivity (Wildman–Crippen MR) is 183 cm³/mol. The van der Waals surface area contributed by atoms with Gasteiger partial charge in [-0.2, -0.15) is 36.4 Å². The van der Waals surface area contributed by atoms with E-state index in [9.17, 15) is 8.78 Å². The van der Waals surface area contributed by atoms with Crippen LogP contribution in [0.25, 0.3) is 0 Å². The van der Waals surface area contributed by atoms with Gasteiger partial charge in [0, 0.05) is 56.4 Å². The summed E-state index contributed by atoms with van der Waals surface area (Å²) in [7, 11) is -0.618. The molecular formula is C39H34Au2F2P2-2. The summed E-state index contributed by atoms with van der Waals surface area (Å²) in [5, 5.41) is 5.94. The summed E-state index contributed by atoms with van der Waals surface area (Å²) < 4.78 is 23.8. The molecule has 0 aliphatic heterocycles. The molecule has 238 valence electrons. The molecule has 0 unspecified atom stereocenters. The summed E-state index contributed by atoms with van der Waals surface area (Å²) in [5.41, 5.74) is 0. The van der Waals surface area contributed by atoms with Crippen molar-refractivity contribution >= 4 is 37.1 Å². The third-order valence-corrected chi connectivity index (χ3v) is 11.6. The Morgan fingerprint density at radius 1 is 0.378 bits per heavy atom. The maximum absolute atomic E-state index is 11.9. The van der Waals surface area contributed by atoms with Crippen molar-refractivity contribution in [1.29, 1.82) is 0 Å². The zero-order valence-corrected chi connectivity index (χ0v) is 30.7. The molecule has 0 aromatic heterocycles. The zero-order chi connectivity index (χ0) is 30.0. The van der Waals surface area contributed by atoms with Crippen molar-refractivity contribution < 1.29 is 53.5 Å². The van der Waals surface area contributed by atoms with Crippen LogP contribution in [0.2, 0.25) is 0 Å². The van der Waals surface area contributed by atoms with Crippen molar-refractivity contribution in [2.24, 2.45) is 0 Å². The quantitative estimate of drug-likeness (QED) is 0.0813. The first-order valence-electron chi connectivity index (χ1n) is 14.2. The predicted octanol–water partition coefficient (Wildman–Crippen LogP) is 8.89. The van der Waals surface area contributed by atoms with Crippen LogP contribution < -0.4 is 21.2 Å². The second-order valence-electron chi connectivity index (χ2n) is 9.44. The van der Waals surface area contributed by atoms with E-state index in [0.717, 1.165) is 0 Å². The van der Waals surface area contributed by atoms with Gasteiger partial charge in [0.2, 0.25) is 0 Å². The topological polar surface area (TPSA) is 0 Å². The van der Waals surface area contributed by atoms with Crippen LogP contribution in [0.15, 0.2) is 170 Å². The molecule has 6 rings (SSSR count). The molecule has 0 spiro atoms. The van der Waals surface area contributed by atoms with E-state index in [-0.39, 0.29) is 72.2 Å². The minimum atomic E-state index is -0.309. The fourth-order valence-electron chi connectivity index (χ4n) is 4.37. The molecule has 6 aromatic rings. The van der Waals surface area contributed by atoms with Crippen molar-refractivity contribution in [3.05, 3.63) is 194 Å². The van der Waals surface area contributed by atoms with Gasteiger partial charge in [-0.25, -0.2) is 8.78 Å². The maximum Gasteiger partial charge on any atom is 0.0151 e. The van der Waals surface area contributed by atoms with Gasteiger partial charge in [0.1, 0.15) is 0 Å². The Bertz CT molecular complexity index is 1350. The molecule has 0 saturated carbocycles. The number of halogens is 2. The zero-order valence-electron chi connectivity index (χ0n) is 24.5. The van der Waals surface area contributed by atoms with E-state index in [4.69, 9.17) is 0 Å². The van der Waals surface area contributed by atoms with Crippen LogP contribution in [0.3, 0.4) is 0 Å². The number of hydrogen-bond donors (Lipinski definition) is 0. The molecule has 0 nitrogen and oxygen atoms in total. The summed E-state index contributed by atoms with van der Waals surface area (Å²) in [5.74, 6) is -0.419. The van der Waals surface area contributed by atoms with Crippen molar-refractivity contribution in [3.63, 3.8) is 0 Å². The summed E-state index contributed by atoms with van der Waals surface area (Å²) in [4.78, 5) is 0. The summed E-state index contributed by atoms with van der Waals surface area (Å²) in [6, 6.07) is 61.3. The maximum atomic E-state index is 11.9. The van der Waals surface area contributed by atoms with Crippen LogP contribution in [0.5, 0.6) is 0 Å². The van der Waals surface area contributed by atoms with Gasteiger partial charge < -0.3 is 0 Å². The molecule has 6 aromatic carbocycles. The third kappa shape index (κ3) is 14.2. The second kappa shape index (κ2) is 22.9. The Morgan fingerprint density at radius 3 is 0.822 bits per heavy atom. The van der Waals surface area contributed by atoms with Crippen LogP contribution >= 0.6 is 15.8 Å². The molecule has 45 heavy (non-hydrogen) atoms. The van der Waals surface area contributed by atoms with Crippen LogP contribution in [-0.4, -0.2) is 12.3 Å². The first-order chi connectivity index (χ1) is 21.2. The van der Waals surface area contributed by atoms with Crippen molar-refractivity contribution in [2.75, 3.05) is 12.3 Å². The van der Waals surface area contributed by atoms with Gasteiger partial charge in [0.15, 0.2) is 0 Å². The van der Waals surface area contributed by atoms with Crippen LogP contribution in [0.1, 0.15) is 6.42 Å². The molecule has 0 saturated heterocycles. The largest absolute Gasteiger partial charge is 0.236 e. The van der Waals surface area contributed by atoms with Crippen molar-refractivity contribution in [2.45, 2.75) is 6.42 Å². The standard InChI is InChI=1S/C27H26P2.2C6H4F.2Au/c1-5-14-24(15-6-1)28(25-16-7-2-8-17-25)22-13-23-29(26-18-9-3-10-19-26)27-20-11-4-12-21-27;2*7-6-4-2-1-3-5-6;;/h1-12,14-21H,13,22-23H2;2*2-5H;;/q;2*-1;;. The molecule has 6 heteroatoms. The van der Waals surface area contributed by atoms with Gasteiger partial charge in [0.05, 0.1) is 0 Å². The fourth-order valence-corrected chi connectivity index (χ4v) is 9.32. The van der Waals surface area contributed by atoms with Gasteiger partial charge in [0.25, 0.3) is 0 Å². The number of benzene rings is 6. The Morgan fingerprint density at radius 2 is 0.622 bits per heavy atom. The summed E-state index contributed by atoms with van der Waals surface area (Å²) in [6.45, 7) is 0. The van der Waals surface area contributed by atoms with Crippen LogP contribution in [0, 0.1) is 23.8 Å². The van der Waals surface area contributed by atoms with E-state index in [1.165, 1.54) is 88.5 Å². The summed E-state index contributed by atoms with van der Waals surface area (Å²) in [6.07, 6.45) is 3.72. The first-order valence-corrected chi connectivity index (χ1v) is 17.2. The molecule has 0 amide bonds. The van der Waals surface area contributed by atoms with Gasteiger partial charge in [-0.1, -0.05) is 121 Å². The molecule has 0 heterocycles. The molecular weight excluding hydrogens is 962 g/mol. The molecule has 0 fully saturated rings. The van der Waals surface area contributed by atoms with E-state index < -0.39 is 0 Å². The SMILES string of the molecule is Fc1cc[c-]cc1.Fc1cc[c-]cc1.[Au].[Au].c1ccc(P(CCCP(c2ccccc2)c2ccccc2)c2ccccc2)cc1. The Balaban J connectivity index is 0.000000363. The first kappa shape index (κ1) is 38.7. The number of hydrogen-bond acceptors (Lipinski definition) is 0.